The van der Waals surface area contributed by atoms with Crippen LogP contribution in [0.5, 0.6) is 0 Å². The number of piperazine rings is 1. The van der Waals surface area contributed by atoms with Crippen molar-refractivity contribution in [1.29, 1.82) is 5.26 Å². The van der Waals surface area contributed by atoms with Gasteiger partial charge in [-0.15, -0.1) is 11.3 Å². The molecule has 29 heavy (non-hydrogen) atoms. The first kappa shape index (κ1) is 19.4. The average Bonchev–Trinajstić information content (AvgIpc) is 3.11. The van der Waals surface area contributed by atoms with E-state index in [1.54, 1.807) is 13.0 Å². The van der Waals surface area contributed by atoms with Crippen molar-refractivity contribution in [2.45, 2.75) is 26.9 Å². The Morgan fingerprint density at radius 1 is 1.24 bits per heavy atom. The second-order valence-electron chi connectivity index (χ2n) is 7.11. The molecule has 0 amide bonds. The molecule has 8 nitrogen and oxygen atoms in total. The van der Waals surface area contributed by atoms with E-state index < -0.39 is 0 Å². The van der Waals surface area contributed by atoms with Crippen LogP contribution in [0.25, 0.3) is 10.2 Å². The lowest BCUT2D eigenvalue weighted by atomic mass is 10.2. The Labute approximate surface area is 171 Å². The highest BCUT2D eigenvalue weighted by Gasteiger charge is 2.20. The summed E-state index contributed by atoms with van der Waals surface area (Å²) in [5.74, 6) is 0. The summed E-state index contributed by atoms with van der Waals surface area (Å²) in [5, 5.41) is 9.57. The molecule has 150 valence electrons. The van der Waals surface area contributed by atoms with Gasteiger partial charge in [-0.2, -0.15) is 5.26 Å². The quantitative estimate of drug-likeness (QED) is 0.703. The van der Waals surface area contributed by atoms with Crippen LogP contribution in [0.3, 0.4) is 0 Å². The van der Waals surface area contributed by atoms with Gasteiger partial charge in [-0.05, 0) is 32.0 Å². The lowest BCUT2D eigenvalue weighted by molar-refractivity contribution is 0.252. The highest BCUT2D eigenvalue weighted by atomic mass is 32.1. The van der Waals surface area contributed by atoms with Crippen molar-refractivity contribution in [2.75, 3.05) is 31.1 Å². The Bertz CT molecular complexity index is 1210. The minimum Gasteiger partial charge on any atom is -0.368 e. The number of aryl methyl sites for hydroxylation is 1. The number of anilines is 1. The van der Waals surface area contributed by atoms with E-state index in [4.69, 9.17) is 5.26 Å². The molecule has 3 aromatic rings. The summed E-state index contributed by atoms with van der Waals surface area (Å²) in [5.41, 5.74) is 1.82. The van der Waals surface area contributed by atoms with E-state index in [1.807, 2.05) is 19.1 Å². The van der Waals surface area contributed by atoms with Gasteiger partial charge in [0.05, 0.1) is 16.8 Å². The molecule has 4 rings (SSSR count). The maximum atomic E-state index is 12.5. The monoisotopic (exact) mass is 410 g/mol. The summed E-state index contributed by atoms with van der Waals surface area (Å²) in [7, 11) is 0. The van der Waals surface area contributed by atoms with Crippen molar-refractivity contribution in [3.63, 3.8) is 0 Å². The van der Waals surface area contributed by atoms with E-state index in [0.717, 1.165) is 49.0 Å². The third kappa shape index (κ3) is 3.69. The van der Waals surface area contributed by atoms with Gasteiger partial charge in [-0.1, -0.05) is 0 Å². The summed E-state index contributed by atoms with van der Waals surface area (Å²) in [6, 6.07) is 7.71. The Morgan fingerprint density at radius 2 is 2.00 bits per heavy atom. The average molecular weight is 411 g/mol. The lowest BCUT2D eigenvalue weighted by Crippen LogP contribution is -2.46. The minimum absolute atomic E-state index is 0.220. The maximum absolute atomic E-state index is 12.5. The fourth-order valence-corrected chi connectivity index (χ4v) is 4.86. The van der Waals surface area contributed by atoms with E-state index in [2.05, 4.69) is 25.8 Å². The van der Waals surface area contributed by atoms with Crippen molar-refractivity contribution in [3.8, 4) is 6.07 Å². The first-order valence-corrected chi connectivity index (χ1v) is 10.4. The molecule has 0 saturated carbocycles. The molecule has 1 N–H and O–H groups in total. The van der Waals surface area contributed by atoms with Crippen LogP contribution in [0, 0.1) is 18.3 Å². The van der Waals surface area contributed by atoms with Gasteiger partial charge >= 0.3 is 5.69 Å². The number of hydrogen-bond acceptors (Lipinski definition) is 7. The number of fused-ring (bicyclic) bond motifs is 1. The second-order valence-corrected chi connectivity index (χ2v) is 8.25. The van der Waals surface area contributed by atoms with E-state index in [1.165, 1.54) is 15.9 Å². The van der Waals surface area contributed by atoms with Gasteiger partial charge in [0.2, 0.25) is 0 Å². The highest BCUT2D eigenvalue weighted by Crippen LogP contribution is 2.24. The molecule has 0 radical (unpaired) electrons. The Kier molecular flexibility index (Phi) is 5.22. The van der Waals surface area contributed by atoms with E-state index >= 15 is 0 Å². The molecule has 9 heteroatoms. The Balaban J connectivity index is 1.46. The molecule has 4 heterocycles. The van der Waals surface area contributed by atoms with Gasteiger partial charge in [0.1, 0.15) is 16.6 Å². The maximum Gasteiger partial charge on any atom is 0.329 e. The number of nitrogens with one attached hydrogen (secondary N) is 1. The molecule has 0 aliphatic carbocycles. The molecule has 3 aromatic heterocycles. The first-order valence-electron chi connectivity index (χ1n) is 9.60. The zero-order valence-electron chi connectivity index (χ0n) is 16.4. The molecule has 1 aliphatic rings. The number of nitrogens with zero attached hydrogens (tertiary/aromatic N) is 5. The summed E-state index contributed by atoms with van der Waals surface area (Å²) in [4.78, 5) is 38.0. The molecule has 0 aromatic carbocycles. The zero-order valence-corrected chi connectivity index (χ0v) is 17.3. The van der Waals surface area contributed by atoms with Gasteiger partial charge in [-0.3, -0.25) is 19.2 Å². The molecule has 0 unspecified atom stereocenters. The first-order chi connectivity index (χ1) is 14.0. The molecule has 0 spiro atoms. The van der Waals surface area contributed by atoms with Crippen molar-refractivity contribution < 1.29 is 0 Å². The smallest absolute Gasteiger partial charge is 0.329 e. The van der Waals surface area contributed by atoms with Gasteiger partial charge in [0, 0.05) is 44.1 Å². The summed E-state index contributed by atoms with van der Waals surface area (Å²) in [6.45, 7) is 8.38. The molecule has 1 aliphatic heterocycles. The van der Waals surface area contributed by atoms with Crippen LogP contribution in [0.4, 0.5) is 5.69 Å². The van der Waals surface area contributed by atoms with Crippen LogP contribution in [-0.4, -0.2) is 45.6 Å². The van der Waals surface area contributed by atoms with Gasteiger partial charge < -0.3 is 4.90 Å². The normalized spacial score (nSPS) is 15.0. The molecular formula is C20H22N6O2S. The van der Waals surface area contributed by atoms with Crippen LogP contribution in [-0.2, 0) is 13.1 Å². The largest absolute Gasteiger partial charge is 0.368 e. The number of rotatable bonds is 4. The number of nitriles is 1. The van der Waals surface area contributed by atoms with E-state index in [-0.39, 0.29) is 11.2 Å². The van der Waals surface area contributed by atoms with Crippen molar-refractivity contribution in [3.05, 3.63) is 55.3 Å². The molecule has 0 bridgehead atoms. The highest BCUT2D eigenvalue weighted by molar-refractivity contribution is 7.18. The Morgan fingerprint density at radius 3 is 2.66 bits per heavy atom. The summed E-state index contributed by atoms with van der Waals surface area (Å²) in [6.07, 6.45) is 0. The summed E-state index contributed by atoms with van der Waals surface area (Å²) >= 11 is 1.48. The number of H-pyrrole nitrogens is 1. The Hall–Kier alpha value is -2.96. The number of pyridine rings is 1. The topological polar surface area (TPSA) is 98.0 Å². The molecular weight excluding hydrogens is 388 g/mol. The van der Waals surface area contributed by atoms with Crippen LogP contribution in [0.15, 0.2) is 27.8 Å². The van der Waals surface area contributed by atoms with Crippen LogP contribution in [0.2, 0.25) is 0 Å². The minimum atomic E-state index is -0.349. The van der Waals surface area contributed by atoms with Crippen molar-refractivity contribution in [1.82, 2.24) is 19.4 Å². The lowest BCUT2D eigenvalue weighted by Gasteiger charge is -2.36. The molecule has 1 fully saturated rings. The fourth-order valence-electron chi connectivity index (χ4n) is 3.78. The second kappa shape index (κ2) is 7.81. The molecule has 0 atom stereocenters. The number of hydrogen-bond donors (Lipinski definition) is 1. The van der Waals surface area contributed by atoms with Gasteiger partial charge in [-0.25, -0.2) is 9.78 Å². The number of aromatic nitrogens is 3. The predicted molar refractivity (Wildman–Crippen MR) is 114 cm³/mol. The van der Waals surface area contributed by atoms with E-state index in [0.29, 0.717) is 22.5 Å². The SMILES string of the molecule is CCn1c(=O)[nH]c2sc(CN3CCN(c4ccc(C#N)nc4C)CC3)cc2c1=O. The fraction of sp³-hybridized carbons (Fsp3) is 0.400. The van der Waals surface area contributed by atoms with Crippen molar-refractivity contribution in [2.24, 2.45) is 0 Å². The number of thiophene rings is 1. The summed E-state index contributed by atoms with van der Waals surface area (Å²) < 4.78 is 1.23. The van der Waals surface area contributed by atoms with Gasteiger partial charge in [0.25, 0.3) is 5.56 Å². The predicted octanol–water partition coefficient (Wildman–Crippen LogP) is 1.67. The third-order valence-electron chi connectivity index (χ3n) is 5.31. The van der Waals surface area contributed by atoms with Crippen molar-refractivity contribution >= 4 is 27.2 Å². The van der Waals surface area contributed by atoms with Crippen LogP contribution < -0.4 is 16.1 Å². The third-order valence-corrected chi connectivity index (χ3v) is 6.34. The van der Waals surface area contributed by atoms with Crippen LogP contribution >= 0.6 is 11.3 Å². The zero-order chi connectivity index (χ0) is 20.5. The standard InChI is InChI=1S/C20H22N6O2S/c1-3-26-19(27)16-10-15(29-18(16)23-20(26)28)12-24-6-8-25(9-7-24)17-5-4-14(11-21)22-13(17)2/h4-5,10H,3,6-9,12H2,1-2H3,(H,23,28). The number of aromatic amines is 1. The molecule has 1 saturated heterocycles. The van der Waals surface area contributed by atoms with Gasteiger partial charge in [0.15, 0.2) is 0 Å². The van der Waals surface area contributed by atoms with Crippen LogP contribution in [0.1, 0.15) is 23.2 Å². The van der Waals surface area contributed by atoms with E-state index in [9.17, 15) is 9.59 Å².